The minimum absolute atomic E-state index is 0.178. The molecule has 0 saturated heterocycles. The Labute approximate surface area is 166 Å². The molecule has 8 heteroatoms. The van der Waals surface area contributed by atoms with Gasteiger partial charge in [-0.3, -0.25) is 0 Å². The Bertz CT molecular complexity index is 845. The van der Waals surface area contributed by atoms with Gasteiger partial charge in [0.2, 0.25) is 10.0 Å². The molecule has 0 aliphatic rings. The Hall–Kier alpha value is -2.00. The van der Waals surface area contributed by atoms with E-state index in [1.54, 1.807) is 44.3 Å². The summed E-state index contributed by atoms with van der Waals surface area (Å²) < 4.78 is 42.2. The lowest BCUT2D eigenvalue weighted by atomic mass is 10.0. The highest BCUT2D eigenvalue weighted by Gasteiger charge is 2.21. The fraction of sp³-hybridized carbons (Fsp3) is 0.400. The Balaban J connectivity index is 2.13. The van der Waals surface area contributed by atoms with Crippen molar-refractivity contribution in [3.8, 4) is 0 Å². The topological polar surface area (TPSA) is 90.5 Å². The van der Waals surface area contributed by atoms with E-state index in [9.17, 15) is 17.9 Å². The van der Waals surface area contributed by atoms with Crippen LogP contribution in [0.5, 0.6) is 0 Å². The molecule has 2 aromatic rings. The van der Waals surface area contributed by atoms with Crippen molar-refractivity contribution in [3.63, 3.8) is 0 Å². The molecule has 4 N–H and O–H groups in total. The van der Waals surface area contributed by atoms with Gasteiger partial charge in [-0.25, -0.2) is 17.5 Å². The van der Waals surface area contributed by atoms with Crippen LogP contribution >= 0.6 is 0 Å². The highest BCUT2D eigenvalue weighted by atomic mass is 32.2. The molecular formula is C20H28FN3O3S. The normalized spacial score (nSPS) is 13.9. The maximum atomic E-state index is 14.2. The van der Waals surface area contributed by atoms with Crippen LogP contribution in [0.1, 0.15) is 18.9 Å². The highest BCUT2D eigenvalue weighted by molar-refractivity contribution is 7.89. The van der Waals surface area contributed by atoms with E-state index in [2.05, 4.69) is 15.4 Å². The van der Waals surface area contributed by atoms with E-state index in [4.69, 9.17) is 0 Å². The molecule has 0 aliphatic heterocycles. The van der Waals surface area contributed by atoms with Gasteiger partial charge in [0.05, 0.1) is 11.0 Å². The van der Waals surface area contributed by atoms with Crippen molar-refractivity contribution in [2.75, 3.05) is 25.5 Å². The lowest BCUT2D eigenvalue weighted by Crippen LogP contribution is -2.43. The summed E-state index contributed by atoms with van der Waals surface area (Å²) in [5.74, 6) is -0.326. The van der Waals surface area contributed by atoms with Gasteiger partial charge in [0, 0.05) is 37.4 Å². The minimum Gasteiger partial charge on any atom is -0.392 e. The molecule has 0 spiro atoms. The van der Waals surface area contributed by atoms with Crippen LogP contribution in [0.25, 0.3) is 0 Å². The van der Waals surface area contributed by atoms with Crippen molar-refractivity contribution in [2.45, 2.75) is 36.8 Å². The number of rotatable bonds is 11. The average Bonchev–Trinajstić information content (AvgIpc) is 2.66. The summed E-state index contributed by atoms with van der Waals surface area (Å²) in [6.45, 7) is 2.31. The zero-order valence-electron chi connectivity index (χ0n) is 16.2. The maximum absolute atomic E-state index is 14.2. The third kappa shape index (κ3) is 6.56. The predicted molar refractivity (Wildman–Crippen MR) is 109 cm³/mol. The SMILES string of the molecule is CNc1cccc(F)c1CC[C@@H](CNC[C@@H](C)O)NS(=O)(=O)c1ccccc1. The van der Waals surface area contributed by atoms with Gasteiger partial charge in [-0.1, -0.05) is 24.3 Å². The third-order valence-corrected chi connectivity index (χ3v) is 5.87. The molecule has 0 heterocycles. The quantitative estimate of drug-likeness (QED) is 0.456. The van der Waals surface area contributed by atoms with Crippen molar-refractivity contribution in [2.24, 2.45) is 0 Å². The number of nitrogens with one attached hydrogen (secondary N) is 3. The van der Waals surface area contributed by atoms with E-state index >= 15 is 0 Å². The van der Waals surface area contributed by atoms with Crippen LogP contribution in [0.4, 0.5) is 10.1 Å². The molecular weight excluding hydrogens is 381 g/mol. The maximum Gasteiger partial charge on any atom is 0.240 e. The molecule has 0 aliphatic carbocycles. The summed E-state index contributed by atoms with van der Waals surface area (Å²) in [6.07, 6.45) is 0.212. The summed E-state index contributed by atoms with van der Waals surface area (Å²) in [5, 5.41) is 15.4. The smallest absolute Gasteiger partial charge is 0.240 e. The van der Waals surface area contributed by atoms with Gasteiger partial charge in [0.1, 0.15) is 5.82 Å². The number of hydrogen-bond acceptors (Lipinski definition) is 5. The van der Waals surface area contributed by atoms with Crippen LogP contribution in [0, 0.1) is 5.82 Å². The number of anilines is 1. The Morgan fingerprint density at radius 1 is 1.07 bits per heavy atom. The summed E-state index contributed by atoms with van der Waals surface area (Å²) in [4.78, 5) is 0.178. The van der Waals surface area contributed by atoms with Gasteiger partial charge in [-0.2, -0.15) is 0 Å². The number of aliphatic hydroxyl groups excluding tert-OH is 1. The first-order valence-electron chi connectivity index (χ1n) is 9.24. The number of halogens is 1. The Morgan fingerprint density at radius 3 is 2.43 bits per heavy atom. The first kappa shape index (κ1) is 22.3. The van der Waals surface area contributed by atoms with Crippen LogP contribution < -0.4 is 15.4 Å². The number of benzene rings is 2. The van der Waals surface area contributed by atoms with Gasteiger partial charge >= 0.3 is 0 Å². The van der Waals surface area contributed by atoms with E-state index in [1.165, 1.54) is 18.2 Å². The van der Waals surface area contributed by atoms with Crippen molar-refractivity contribution in [1.29, 1.82) is 0 Å². The second kappa shape index (κ2) is 10.5. The molecule has 28 heavy (non-hydrogen) atoms. The van der Waals surface area contributed by atoms with E-state index < -0.39 is 22.2 Å². The number of sulfonamides is 1. The largest absolute Gasteiger partial charge is 0.392 e. The first-order chi connectivity index (χ1) is 13.3. The summed E-state index contributed by atoms with van der Waals surface area (Å²) in [5.41, 5.74) is 1.20. The van der Waals surface area contributed by atoms with Crippen LogP contribution in [0.15, 0.2) is 53.4 Å². The highest BCUT2D eigenvalue weighted by Crippen LogP contribution is 2.21. The molecule has 6 nitrogen and oxygen atoms in total. The second-order valence-electron chi connectivity index (χ2n) is 6.69. The van der Waals surface area contributed by atoms with Crippen LogP contribution in [0.2, 0.25) is 0 Å². The summed E-state index contributed by atoms with van der Waals surface area (Å²) in [7, 11) is -1.98. The minimum atomic E-state index is -3.70. The lowest BCUT2D eigenvalue weighted by Gasteiger charge is -2.21. The van der Waals surface area contributed by atoms with Crippen molar-refractivity contribution >= 4 is 15.7 Å². The van der Waals surface area contributed by atoms with Gasteiger partial charge in [-0.05, 0) is 44.0 Å². The molecule has 0 saturated carbocycles. The second-order valence-corrected chi connectivity index (χ2v) is 8.41. The summed E-state index contributed by atoms with van der Waals surface area (Å²) >= 11 is 0. The first-order valence-corrected chi connectivity index (χ1v) is 10.7. The lowest BCUT2D eigenvalue weighted by molar-refractivity contribution is 0.190. The molecule has 2 aromatic carbocycles. The molecule has 154 valence electrons. The van der Waals surface area contributed by atoms with Crippen molar-refractivity contribution < 1.29 is 17.9 Å². The number of hydrogen-bond donors (Lipinski definition) is 4. The molecule has 0 bridgehead atoms. The predicted octanol–water partition coefficient (Wildman–Crippen LogP) is 2.12. The van der Waals surface area contributed by atoms with E-state index in [1.807, 2.05) is 0 Å². The van der Waals surface area contributed by atoms with Gasteiger partial charge in [0.25, 0.3) is 0 Å². The molecule has 2 atom stereocenters. The monoisotopic (exact) mass is 409 g/mol. The van der Waals surface area contributed by atoms with Crippen molar-refractivity contribution in [1.82, 2.24) is 10.0 Å². The van der Waals surface area contributed by atoms with Gasteiger partial charge in [-0.15, -0.1) is 0 Å². The zero-order valence-corrected chi connectivity index (χ0v) is 17.0. The van der Waals surface area contributed by atoms with Crippen LogP contribution in [-0.4, -0.2) is 45.8 Å². The molecule has 2 rings (SSSR count). The summed E-state index contributed by atoms with van der Waals surface area (Å²) in [6, 6.07) is 12.5. The molecule has 0 unspecified atom stereocenters. The Morgan fingerprint density at radius 2 is 1.79 bits per heavy atom. The van der Waals surface area contributed by atoms with Crippen LogP contribution in [0.3, 0.4) is 0 Å². The standard InChI is InChI=1S/C20H28FN3O3S/c1-15(25)13-23-14-16(24-28(26,27)17-7-4-3-5-8-17)11-12-18-19(21)9-6-10-20(18)22-2/h3-10,15-16,22-25H,11-14H2,1-2H3/t15-,16+/m1/s1. The number of aliphatic hydroxyl groups is 1. The molecule has 0 radical (unpaired) electrons. The molecule has 0 aromatic heterocycles. The van der Waals surface area contributed by atoms with Crippen molar-refractivity contribution in [3.05, 3.63) is 59.9 Å². The fourth-order valence-electron chi connectivity index (χ4n) is 2.92. The Kier molecular flexibility index (Phi) is 8.37. The van der Waals surface area contributed by atoms with E-state index in [0.717, 1.165) is 0 Å². The van der Waals surface area contributed by atoms with Gasteiger partial charge in [0.15, 0.2) is 0 Å². The van der Waals surface area contributed by atoms with E-state index in [-0.39, 0.29) is 10.7 Å². The average molecular weight is 410 g/mol. The van der Waals surface area contributed by atoms with Gasteiger partial charge < -0.3 is 15.7 Å². The third-order valence-electron chi connectivity index (χ3n) is 4.34. The molecule has 0 amide bonds. The van der Waals surface area contributed by atoms with E-state index in [0.29, 0.717) is 37.2 Å². The fourth-order valence-corrected chi connectivity index (χ4v) is 4.21. The zero-order chi connectivity index (χ0) is 20.6. The molecule has 0 fully saturated rings. The van der Waals surface area contributed by atoms with Crippen LogP contribution in [-0.2, 0) is 16.4 Å².